The average Bonchev–Trinajstić information content (AvgIpc) is 3.09. The van der Waals surface area contributed by atoms with Crippen molar-refractivity contribution >= 4 is 35.6 Å². The van der Waals surface area contributed by atoms with Gasteiger partial charge in [-0.3, -0.25) is 19.3 Å². The minimum Gasteiger partial charge on any atom is -0.387 e. The number of carbonyl (C=O) groups is 3. The lowest BCUT2D eigenvalue weighted by molar-refractivity contribution is -0.200. The number of rotatable bonds is 12. The maximum Gasteiger partial charge on any atom is 0.247 e. The summed E-state index contributed by atoms with van der Waals surface area (Å²) in [4.78, 5) is 43.6. The number of terminal acetylenes is 1. The van der Waals surface area contributed by atoms with Gasteiger partial charge >= 0.3 is 0 Å². The van der Waals surface area contributed by atoms with Gasteiger partial charge in [-0.15, -0.1) is 18.2 Å². The molecular weight excluding hydrogens is 657 g/mol. The standard InChI is InChI=1S/C38H50N4O7S/c1-7-17-40(5)31(44)24-41-18-20-42(21-19-41)37(48)38(3,4)39-30(43)10-8-9-26-12-14-27(15-13-26)22-29-23-28(16-11-25(29)2)35-33(46)32(45)34(47)36(49-35)50-6/h1,8-9,11-16,23,32-36,45-47H,10,17-22,24H2,2-6H3,(H,39,43)/b9-8+/t32-,33-,34+,35+,36-/m1/s1. The summed E-state index contributed by atoms with van der Waals surface area (Å²) >= 11 is 1.29. The van der Waals surface area contributed by atoms with Crippen LogP contribution in [0.5, 0.6) is 0 Å². The number of thioether (sulfide) groups is 1. The van der Waals surface area contributed by atoms with Gasteiger partial charge in [0.2, 0.25) is 17.7 Å². The molecule has 270 valence electrons. The number of aliphatic hydroxyl groups is 3. The zero-order valence-electron chi connectivity index (χ0n) is 29.5. The molecule has 0 aliphatic carbocycles. The van der Waals surface area contributed by atoms with Crippen LogP contribution in [0.3, 0.4) is 0 Å². The number of piperazine rings is 1. The number of nitrogens with one attached hydrogen (secondary N) is 1. The molecule has 2 aliphatic rings. The van der Waals surface area contributed by atoms with Crippen molar-refractivity contribution in [2.24, 2.45) is 0 Å². The minimum absolute atomic E-state index is 0.0569. The molecule has 0 saturated carbocycles. The third kappa shape index (κ3) is 9.96. The van der Waals surface area contributed by atoms with Crippen LogP contribution in [0.1, 0.15) is 54.2 Å². The largest absolute Gasteiger partial charge is 0.387 e. The lowest BCUT2D eigenvalue weighted by atomic mass is 9.91. The first kappa shape index (κ1) is 39.1. The molecule has 2 heterocycles. The minimum atomic E-state index is -1.30. The molecule has 4 N–H and O–H groups in total. The Morgan fingerprint density at radius 1 is 1.06 bits per heavy atom. The Labute approximate surface area is 299 Å². The summed E-state index contributed by atoms with van der Waals surface area (Å²) in [7, 11) is 1.67. The number of hydrogen-bond acceptors (Lipinski definition) is 9. The number of benzene rings is 2. The van der Waals surface area contributed by atoms with E-state index < -0.39 is 35.4 Å². The molecule has 0 bridgehead atoms. The van der Waals surface area contributed by atoms with Crippen molar-refractivity contribution < 1.29 is 34.4 Å². The van der Waals surface area contributed by atoms with Crippen LogP contribution in [0.4, 0.5) is 0 Å². The van der Waals surface area contributed by atoms with E-state index in [9.17, 15) is 29.7 Å². The maximum atomic E-state index is 13.3. The van der Waals surface area contributed by atoms with Crippen LogP contribution in [0.15, 0.2) is 48.5 Å². The number of nitrogens with zero attached hydrogens (tertiary/aromatic N) is 3. The molecule has 11 nitrogen and oxygen atoms in total. The number of aliphatic hydroxyl groups excluding tert-OH is 3. The summed E-state index contributed by atoms with van der Waals surface area (Å²) in [6, 6.07) is 13.8. The third-order valence-electron chi connectivity index (χ3n) is 9.25. The van der Waals surface area contributed by atoms with Gasteiger partial charge in [0, 0.05) is 39.6 Å². The Morgan fingerprint density at radius 2 is 1.74 bits per heavy atom. The third-order valence-corrected chi connectivity index (χ3v) is 10.1. The second-order valence-electron chi connectivity index (χ2n) is 13.5. The summed E-state index contributed by atoms with van der Waals surface area (Å²) < 4.78 is 5.96. The summed E-state index contributed by atoms with van der Waals surface area (Å²) in [6.07, 6.45) is 7.00. The van der Waals surface area contributed by atoms with Crippen molar-refractivity contribution in [1.29, 1.82) is 0 Å². The van der Waals surface area contributed by atoms with E-state index in [2.05, 4.69) is 11.2 Å². The average molecular weight is 707 g/mol. The normalized spacial score (nSPS) is 23.0. The van der Waals surface area contributed by atoms with Gasteiger partial charge in [-0.2, -0.15) is 0 Å². The van der Waals surface area contributed by atoms with Crippen molar-refractivity contribution in [1.82, 2.24) is 20.0 Å². The second kappa shape index (κ2) is 17.5. The number of hydrogen-bond donors (Lipinski definition) is 4. The summed E-state index contributed by atoms with van der Waals surface area (Å²) in [5.41, 5.74) is 3.15. The Kier molecular flexibility index (Phi) is 13.7. The second-order valence-corrected chi connectivity index (χ2v) is 14.5. The van der Waals surface area contributed by atoms with E-state index in [1.54, 1.807) is 38.1 Å². The Hall–Kier alpha value is -3.70. The molecule has 50 heavy (non-hydrogen) atoms. The molecule has 2 aliphatic heterocycles. The first-order valence-corrected chi connectivity index (χ1v) is 18.1. The van der Waals surface area contributed by atoms with Gasteiger partial charge in [-0.05, 0) is 61.3 Å². The van der Waals surface area contributed by atoms with Crippen LogP contribution in [0, 0.1) is 19.3 Å². The van der Waals surface area contributed by atoms with E-state index in [1.807, 2.05) is 60.4 Å². The van der Waals surface area contributed by atoms with Crippen molar-refractivity contribution in [2.45, 2.75) is 69.0 Å². The van der Waals surface area contributed by atoms with Crippen LogP contribution in [-0.2, 0) is 25.5 Å². The van der Waals surface area contributed by atoms with Crippen LogP contribution in [0.2, 0.25) is 0 Å². The van der Waals surface area contributed by atoms with Crippen LogP contribution < -0.4 is 5.32 Å². The van der Waals surface area contributed by atoms with E-state index >= 15 is 0 Å². The van der Waals surface area contributed by atoms with E-state index in [4.69, 9.17) is 11.2 Å². The van der Waals surface area contributed by atoms with E-state index in [1.165, 1.54) is 16.7 Å². The molecule has 5 atom stereocenters. The number of amides is 3. The Balaban J connectivity index is 1.26. The predicted molar refractivity (Wildman–Crippen MR) is 195 cm³/mol. The first-order chi connectivity index (χ1) is 23.7. The van der Waals surface area contributed by atoms with Gasteiger partial charge in [0.1, 0.15) is 35.4 Å². The molecule has 0 aromatic heterocycles. The topological polar surface area (TPSA) is 143 Å². The highest BCUT2D eigenvalue weighted by molar-refractivity contribution is 7.99. The molecule has 3 amide bonds. The smallest absolute Gasteiger partial charge is 0.247 e. The lowest BCUT2D eigenvalue weighted by Gasteiger charge is -2.40. The predicted octanol–water partition coefficient (Wildman–Crippen LogP) is 1.96. The summed E-state index contributed by atoms with van der Waals surface area (Å²) in [5, 5.41) is 34.1. The Bertz CT molecular complexity index is 1560. The summed E-state index contributed by atoms with van der Waals surface area (Å²) in [5.74, 6) is 1.98. The quantitative estimate of drug-likeness (QED) is 0.244. The molecule has 12 heteroatoms. The van der Waals surface area contributed by atoms with E-state index in [0.717, 1.165) is 27.8 Å². The lowest BCUT2D eigenvalue weighted by Crippen LogP contribution is -2.60. The van der Waals surface area contributed by atoms with Gasteiger partial charge in [0.15, 0.2) is 0 Å². The molecule has 2 aromatic carbocycles. The molecule has 2 saturated heterocycles. The molecule has 2 fully saturated rings. The zero-order chi connectivity index (χ0) is 36.6. The molecule has 0 unspecified atom stereocenters. The molecule has 4 rings (SSSR count). The monoisotopic (exact) mass is 706 g/mol. The van der Waals surface area contributed by atoms with Crippen LogP contribution >= 0.6 is 11.8 Å². The van der Waals surface area contributed by atoms with Crippen molar-refractivity contribution in [3.8, 4) is 12.3 Å². The first-order valence-electron chi connectivity index (χ1n) is 16.8. The maximum absolute atomic E-state index is 13.3. The number of carbonyl (C=O) groups excluding carboxylic acids is 3. The number of likely N-dealkylation sites (N-methyl/N-ethyl adjacent to an activating group) is 1. The van der Waals surface area contributed by atoms with Gasteiger partial charge in [0.25, 0.3) is 0 Å². The highest BCUT2D eigenvalue weighted by atomic mass is 32.2. The van der Waals surface area contributed by atoms with Gasteiger partial charge in [-0.25, -0.2) is 0 Å². The number of aryl methyl sites for hydroxylation is 1. The molecule has 0 radical (unpaired) electrons. The fraction of sp³-hybridized carbons (Fsp3) is 0.500. The number of ether oxygens (including phenoxy) is 1. The van der Waals surface area contributed by atoms with Gasteiger partial charge < -0.3 is 35.2 Å². The zero-order valence-corrected chi connectivity index (χ0v) is 30.4. The molecule has 0 spiro atoms. The van der Waals surface area contributed by atoms with Crippen molar-refractivity contribution in [3.05, 3.63) is 76.4 Å². The van der Waals surface area contributed by atoms with Gasteiger partial charge in [0.05, 0.1) is 13.1 Å². The van der Waals surface area contributed by atoms with Crippen LogP contribution in [-0.4, -0.2) is 130 Å². The fourth-order valence-electron chi connectivity index (χ4n) is 6.14. The Morgan fingerprint density at radius 3 is 2.38 bits per heavy atom. The molecular formula is C38H50N4O7S. The fourth-order valence-corrected chi connectivity index (χ4v) is 6.81. The highest BCUT2D eigenvalue weighted by Crippen LogP contribution is 2.36. The highest BCUT2D eigenvalue weighted by Gasteiger charge is 2.44. The van der Waals surface area contributed by atoms with Gasteiger partial charge in [-0.1, -0.05) is 60.5 Å². The van der Waals surface area contributed by atoms with Crippen LogP contribution in [0.25, 0.3) is 6.08 Å². The molecule has 2 aromatic rings. The summed E-state index contributed by atoms with van der Waals surface area (Å²) in [6.45, 7) is 8.01. The van der Waals surface area contributed by atoms with E-state index in [-0.39, 0.29) is 37.2 Å². The SMILES string of the molecule is C#CCN(C)C(=O)CN1CCN(C(=O)C(C)(C)NC(=O)C/C=C/c2ccc(Cc3cc([C@@H]4O[C@H](SC)[C@@H](O)[C@H](O)[C@H]4O)ccc3C)cc2)CC1. The van der Waals surface area contributed by atoms with E-state index in [0.29, 0.717) is 32.6 Å². The van der Waals surface area contributed by atoms with Crippen molar-refractivity contribution in [3.63, 3.8) is 0 Å². The van der Waals surface area contributed by atoms with Crippen molar-refractivity contribution in [2.75, 3.05) is 52.6 Å².